The van der Waals surface area contributed by atoms with Crippen molar-refractivity contribution >= 4 is 0 Å². The zero-order valence-corrected chi connectivity index (χ0v) is 14.5. The summed E-state index contributed by atoms with van der Waals surface area (Å²) < 4.78 is 16.7. The topological polar surface area (TPSA) is 77.4 Å². The number of hydrogen-bond acceptors (Lipinski definition) is 5. The fraction of sp³-hybridized carbons (Fsp3) is 0.0476. The lowest BCUT2D eigenvalue weighted by atomic mass is 10.0. The van der Waals surface area contributed by atoms with Crippen molar-refractivity contribution in [1.29, 1.82) is 0 Å². The van der Waals surface area contributed by atoms with Crippen molar-refractivity contribution in [2.75, 3.05) is 7.11 Å². The second-order valence-corrected chi connectivity index (χ2v) is 5.76. The standard InChI is InChI=1S/C21H16N2O4/c1-25-18-12-14(9-10-16(18)19-13-20(24)23-27-19)21-17(8-5-11-22-21)26-15-6-3-2-4-7-15/h2-13H,1H3,(H,23,24). The predicted octanol–water partition coefficient (Wildman–Crippen LogP) is 4.50. The number of benzene rings is 2. The molecule has 27 heavy (non-hydrogen) atoms. The van der Waals surface area contributed by atoms with Gasteiger partial charge in [0.1, 0.15) is 17.2 Å². The number of methoxy groups -OCH3 is 1. The van der Waals surface area contributed by atoms with Gasteiger partial charge in [0, 0.05) is 11.8 Å². The third kappa shape index (κ3) is 3.46. The SMILES string of the molecule is COc1cc(-c2ncccc2Oc2ccccc2)ccc1-c1cc(=O)[nH]o1. The molecule has 6 nitrogen and oxygen atoms in total. The summed E-state index contributed by atoms with van der Waals surface area (Å²) >= 11 is 0. The van der Waals surface area contributed by atoms with Crippen LogP contribution in [0.4, 0.5) is 0 Å². The van der Waals surface area contributed by atoms with E-state index in [1.54, 1.807) is 13.3 Å². The van der Waals surface area contributed by atoms with Gasteiger partial charge in [0.2, 0.25) is 0 Å². The Labute approximate surface area is 155 Å². The first-order valence-corrected chi connectivity index (χ1v) is 8.30. The minimum absolute atomic E-state index is 0.306. The van der Waals surface area contributed by atoms with Gasteiger partial charge in [0.15, 0.2) is 11.5 Å². The van der Waals surface area contributed by atoms with Crippen molar-refractivity contribution in [2.45, 2.75) is 0 Å². The van der Waals surface area contributed by atoms with E-state index in [2.05, 4.69) is 10.1 Å². The third-order valence-corrected chi connectivity index (χ3v) is 4.01. The molecule has 2 heterocycles. The van der Waals surface area contributed by atoms with Crippen molar-refractivity contribution in [3.8, 4) is 39.8 Å². The van der Waals surface area contributed by atoms with E-state index in [0.717, 1.165) is 11.3 Å². The van der Waals surface area contributed by atoms with E-state index in [1.165, 1.54) is 6.07 Å². The number of ether oxygens (including phenoxy) is 2. The molecule has 0 saturated heterocycles. The molecule has 0 spiro atoms. The van der Waals surface area contributed by atoms with Crippen molar-refractivity contribution in [1.82, 2.24) is 10.1 Å². The molecule has 1 N–H and O–H groups in total. The average molecular weight is 360 g/mol. The Bertz CT molecular complexity index is 1120. The molecule has 2 aromatic heterocycles. The molecule has 0 radical (unpaired) electrons. The van der Waals surface area contributed by atoms with Gasteiger partial charge in [-0.2, -0.15) is 5.16 Å². The molecule has 0 unspecified atom stereocenters. The molecular formula is C21H16N2O4. The number of aromatic nitrogens is 2. The maximum absolute atomic E-state index is 11.4. The monoisotopic (exact) mass is 360 g/mol. The highest BCUT2D eigenvalue weighted by Gasteiger charge is 2.15. The minimum Gasteiger partial charge on any atom is -0.496 e. The molecule has 0 atom stereocenters. The molecule has 0 aliphatic rings. The second kappa shape index (κ2) is 7.21. The molecule has 4 aromatic rings. The first-order valence-electron chi connectivity index (χ1n) is 8.30. The number of nitrogens with one attached hydrogen (secondary N) is 1. The number of aromatic amines is 1. The molecule has 2 aromatic carbocycles. The maximum Gasteiger partial charge on any atom is 0.280 e. The highest BCUT2D eigenvalue weighted by atomic mass is 16.5. The fourth-order valence-corrected chi connectivity index (χ4v) is 2.76. The molecule has 0 amide bonds. The number of H-pyrrole nitrogens is 1. The largest absolute Gasteiger partial charge is 0.496 e. The molecule has 0 bridgehead atoms. The minimum atomic E-state index is -0.306. The first kappa shape index (κ1) is 16.7. The van der Waals surface area contributed by atoms with E-state index in [1.807, 2.05) is 60.7 Å². The van der Waals surface area contributed by atoms with Gasteiger partial charge in [0.05, 0.1) is 18.7 Å². The highest BCUT2D eigenvalue weighted by Crippen LogP contribution is 2.37. The Morgan fingerprint density at radius 2 is 1.81 bits per heavy atom. The van der Waals surface area contributed by atoms with Crippen LogP contribution in [0.2, 0.25) is 0 Å². The second-order valence-electron chi connectivity index (χ2n) is 5.76. The number of hydrogen-bond donors (Lipinski definition) is 1. The van der Waals surface area contributed by atoms with Crippen molar-refractivity contribution in [3.63, 3.8) is 0 Å². The van der Waals surface area contributed by atoms with E-state index in [0.29, 0.717) is 28.5 Å². The van der Waals surface area contributed by atoms with Crippen LogP contribution in [0.25, 0.3) is 22.6 Å². The van der Waals surface area contributed by atoms with Gasteiger partial charge in [0.25, 0.3) is 5.56 Å². The van der Waals surface area contributed by atoms with Crippen LogP contribution in [0.1, 0.15) is 0 Å². The Balaban J connectivity index is 1.75. The molecule has 0 fully saturated rings. The zero-order chi connectivity index (χ0) is 18.6. The van der Waals surface area contributed by atoms with Gasteiger partial charge in [-0.1, -0.05) is 24.3 Å². The molecule has 0 aliphatic heterocycles. The maximum atomic E-state index is 11.4. The van der Waals surface area contributed by atoms with Gasteiger partial charge in [-0.05, 0) is 36.4 Å². The van der Waals surface area contributed by atoms with Gasteiger partial charge in [-0.25, -0.2) is 0 Å². The van der Waals surface area contributed by atoms with Crippen LogP contribution in [-0.4, -0.2) is 17.3 Å². The summed E-state index contributed by atoms with van der Waals surface area (Å²) in [6, 6.07) is 20.1. The molecule has 0 aliphatic carbocycles. The van der Waals surface area contributed by atoms with Crippen molar-refractivity contribution in [3.05, 3.63) is 83.3 Å². The number of pyridine rings is 1. The van der Waals surface area contributed by atoms with Crippen LogP contribution in [0.5, 0.6) is 17.2 Å². The number of rotatable bonds is 5. The number of nitrogens with zero attached hydrogens (tertiary/aromatic N) is 1. The van der Waals surface area contributed by atoms with Crippen LogP contribution < -0.4 is 15.0 Å². The van der Waals surface area contributed by atoms with Crippen LogP contribution in [0.15, 0.2) is 82.2 Å². The quantitative estimate of drug-likeness (QED) is 0.567. The van der Waals surface area contributed by atoms with Crippen LogP contribution >= 0.6 is 0 Å². The van der Waals surface area contributed by atoms with E-state index >= 15 is 0 Å². The lowest BCUT2D eigenvalue weighted by Crippen LogP contribution is -1.94. The fourth-order valence-electron chi connectivity index (χ4n) is 2.76. The van der Waals surface area contributed by atoms with E-state index in [4.69, 9.17) is 14.0 Å². The molecule has 134 valence electrons. The summed E-state index contributed by atoms with van der Waals surface area (Å²) in [5, 5.41) is 2.28. The summed E-state index contributed by atoms with van der Waals surface area (Å²) in [7, 11) is 1.56. The normalized spacial score (nSPS) is 10.6. The van der Waals surface area contributed by atoms with Crippen LogP contribution in [0.3, 0.4) is 0 Å². The first-order chi connectivity index (χ1) is 13.2. The van der Waals surface area contributed by atoms with Crippen molar-refractivity contribution < 1.29 is 14.0 Å². The Kier molecular flexibility index (Phi) is 4.45. The molecular weight excluding hydrogens is 344 g/mol. The summed E-state index contributed by atoms with van der Waals surface area (Å²) in [5.41, 5.74) is 1.86. The zero-order valence-electron chi connectivity index (χ0n) is 14.5. The average Bonchev–Trinajstić information content (AvgIpc) is 3.15. The molecule has 4 rings (SSSR count). The van der Waals surface area contributed by atoms with Gasteiger partial charge < -0.3 is 14.0 Å². The van der Waals surface area contributed by atoms with E-state index < -0.39 is 0 Å². The van der Waals surface area contributed by atoms with Crippen molar-refractivity contribution in [2.24, 2.45) is 0 Å². The Morgan fingerprint density at radius 1 is 0.963 bits per heavy atom. The van der Waals surface area contributed by atoms with Gasteiger partial charge in [-0.15, -0.1) is 0 Å². The third-order valence-electron chi connectivity index (χ3n) is 4.01. The summed E-state index contributed by atoms with van der Waals surface area (Å²) in [5.74, 6) is 2.33. The smallest absolute Gasteiger partial charge is 0.280 e. The number of para-hydroxylation sites is 1. The summed E-state index contributed by atoms with van der Waals surface area (Å²) in [6.07, 6.45) is 1.71. The highest BCUT2D eigenvalue weighted by molar-refractivity contribution is 5.75. The summed E-state index contributed by atoms with van der Waals surface area (Å²) in [6.45, 7) is 0. The van der Waals surface area contributed by atoms with Crippen LogP contribution in [0, 0.1) is 0 Å². The van der Waals surface area contributed by atoms with Crippen LogP contribution in [-0.2, 0) is 0 Å². The molecule has 0 saturated carbocycles. The lowest BCUT2D eigenvalue weighted by Gasteiger charge is -2.12. The lowest BCUT2D eigenvalue weighted by molar-refractivity contribution is 0.404. The van der Waals surface area contributed by atoms with Gasteiger partial charge in [-0.3, -0.25) is 9.78 Å². The van der Waals surface area contributed by atoms with E-state index in [9.17, 15) is 4.79 Å². The van der Waals surface area contributed by atoms with E-state index in [-0.39, 0.29) is 5.56 Å². The summed E-state index contributed by atoms with van der Waals surface area (Å²) in [4.78, 5) is 15.8. The Morgan fingerprint density at radius 3 is 2.56 bits per heavy atom. The Hall–Kier alpha value is -3.80. The molecule has 6 heteroatoms. The predicted molar refractivity (Wildman–Crippen MR) is 101 cm³/mol. The van der Waals surface area contributed by atoms with Gasteiger partial charge >= 0.3 is 0 Å².